The van der Waals surface area contributed by atoms with Gasteiger partial charge < -0.3 is 4.42 Å². The number of hydrogen-bond acceptors (Lipinski definition) is 4. The van der Waals surface area contributed by atoms with E-state index in [4.69, 9.17) is 21.0 Å². The number of aromatic nitrogens is 3. The normalized spacial score (nSPS) is 18.8. The van der Waals surface area contributed by atoms with Gasteiger partial charge in [-0.2, -0.15) is 0 Å². The van der Waals surface area contributed by atoms with Crippen molar-refractivity contribution in [3.63, 3.8) is 0 Å². The molecule has 118 valence electrons. The molecular formula is C18H18ClN3O. The van der Waals surface area contributed by atoms with Gasteiger partial charge in [-0.25, -0.2) is 15.0 Å². The zero-order valence-electron chi connectivity index (χ0n) is 12.9. The molecule has 2 aliphatic rings. The maximum Gasteiger partial charge on any atom is 0.229 e. The molecule has 0 N–H and O–H groups in total. The van der Waals surface area contributed by atoms with Crippen molar-refractivity contribution in [1.82, 2.24) is 15.0 Å². The van der Waals surface area contributed by atoms with Crippen LogP contribution in [-0.2, 0) is 12.8 Å². The number of aryl methyl sites for hydroxylation is 1. The second-order valence-electron chi connectivity index (χ2n) is 6.77. The number of fused-ring (bicyclic) bond motifs is 5. The Morgan fingerprint density at radius 1 is 1.00 bits per heavy atom. The summed E-state index contributed by atoms with van der Waals surface area (Å²) in [5, 5.41) is 1.44. The van der Waals surface area contributed by atoms with Crippen LogP contribution >= 0.6 is 11.6 Å². The van der Waals surface area contributed by atoms with E-state index in [9.17, 15) is 0 Å². The average molecular weight is 328 g/mol. The number of halogens is 1. The standard InChI is InChI=1S/C18H18ClN3O/c19-17-16-15(20-9-21-17)13-11-7-4-8-12(11)14(22-18(13)23-16)10-5-2-1-3-6-10/h9-10H,1-8H2. The Morgan fingerprint density at radius 2 is 1.83 bits per heavy atom. The first kappa shape index (κ1) is 13.7. The van der Waals surface area contributed by atoms with Gasteiger partial charge in [-0.15, -0.1) is 0 Å². The van der Waals surface area contributed by atoms with Crippen LogP contribution in [0.15, 0.2) is 10.7 Å². The quantitative estimate of drug-likeness (QED) is 0.593. The highest BCUT2D eigenvalue weighted by molar-refractivity contribution is 6.34. The highest BCUT2D eigenvalue weighted by atomic mass is 35.5. The Morgan fingerprint density at radius 3 is 2.70 bits per heavy atom. The van der Waals surface area contributed by atoms with Crippen molar-refractivity contribution in [3.8, 4) is 0 Å². The molecule has 0 saturated heterocycles. The Labute approximate surface area is 139 Å². The molecule has 1 fully saturated rings. The Hall–Kier alpha value is -1.68. The molecule has 1 saturated carbocycles. The van der Waals surface area contributed by atoms with E-state index >= 15 is 0 Å². The molecule has 0 unspecified atom stereocenters. The molecule has 0 bridgehead atoms. The first-order valence-electron chi connectivity index (χ1n) is 8.57. The summed E-state index contributed by atoms with van der Waals surface area (Å²) in [5.41, 5.74) is 6.23. The maximum absolute atomic E-state index is 6.20. The molecule has 3 aromatic rings. The van der Waals surface area contributed by atoms with Crippen LogP contribution in [0.3, 0.4) is 0 Å². The molecule has 2 aliphatic carbocycles. The van der Waals surface area contributed by atoms with Crippen LogP contribution in [0.4, 0.5) is 0 Å². The molecule has 0 amide bonds. The monoisotopic (exact) mass is 327 g/mol. The third kappa shape index (κ3) is 2.01. The molecule has 0 atom stereocenters. The van der Waals surface area contributed by atoms with Gasteiger partial charge in [-0.05, 0) is 43.2 Å². The Bertz CT molecular complexity index is 912. The van der Waals surface area contributed by atoms with Crippen molar-refractivity contribution in [2.45, 2.75) is 57.3 Å². The minimum atomic E-state index is 0.374. The molecule has 4 nitrogen and oxygen atoms in total. The maximum atomic E-state index is 6.20. The zero-order valence-corrected chi connectivity index (χ0v) is 13.7. The van der Waals surface area contributed by atoms with Crippen molar-refractivity contribution in [2.24, 2.45) is 0 Å². The number of rotatable bonds is 1. The summed E-state index contributed by atoms with van der Waals surface area (Å²) in [5.74, 6) is 0.592. The van der Waals surface area contributed by atoms with Gasteiger partial charge in [0.2, 0.25) is 5.71 Å². The topological polar surface area (TPSA) is 51.8 Å². The minimum absolute atomic E-state index is 0.374. The summed E-state index contributed by atoms with van der Waals surface area (Å²) in [7, 11) is 0. The van der Waals surface area contributed by atoms with Gasteiger partial charge in [-0.3, -0.25) is 0 Å². The second-order valence-corrected chi connectivity index (χ2v) is 7.13. The summed E-state index contributed by atoms with van der Waals surface area (Å²) in [6.45, 7) is 0. The van der Waals surface area contributed by atoms with Crippen LogP contribution in [0.1, 0.15) is 61.3 Å². The van der Waals surface area contributed by atoms with E-state index < -0.39 is 0 Å². The molecule has 5 heteroatoms. The van der Waals surface area contributed by atoms with E-state index in [2.05, 4.69) is 9.97 Å². The molecule has 5 rings (SSSR count). The lowest BCUT2D eigenvalue weighted by atomic mass is 9.84. The van der Waals surface area contributed by atoms with Gasteiger partial charge in [0.25, 0.3) is 0 Å². The summed E-state index contributed by atoms with van der Waals surface area (Å²) in [6, 6.07) is 0. The van der Waals surface area contributed by atoms with Gasteiger partial charge in [0.15, 0.2) is 10.7 Å². The predicted molar refractivity (Wildman–Crippen MR) is 90.0 cm³/mol. The molecule has 0 radical (unpaired) electrons. The second kappa shape index (κ2) is 5.17. The largest absolute Gasteiger partial charge is 0.433 e. The third-order valence-electron chi connectivity index (χ3n) is 5.45. The molecule has 23 heavy (non-hydrogen) atoms. The lowest BCUT2D eigenvalue weighted by molar-refractivity contribution is 0.434. The highest BCUT2D eigenvalue weighted by Gasteiger charge is 2.29. The van der Waals surface area contributed by atoms with E-state index in [0.717, 1.165) is 23.7 Å². The first-order valence-corrected chi connectivity index (χ1v) is 8.95. The van der Waals surface area contributed by atoms with Crippen molar-refractivity contribution in [3.05, 3.63) is 28.3 Å². The van der Waals surface area contributed by atoms with E-state index in [1.165, 1.54) is 61.7 Å². The fourth-order valence-corrected chi connectivity index (χ4v) is 4.59. The molecule has 0 aliphatic heterocycles. The molecule has 3 heterocycles. The van der Waals surface area contributed by atoms with Gasteiger partial charge in [-0.1, -0.05) is 30.9 Å². The molecule has 0 aromatic carbocycles. The Kier molecular flexibility index (Phi) is 3.08. The number of hydrogen-bond donors (Lipinski definition) is 0. The first-order chi connectivity index (χ1) is 11.3. The number of furan rings is 1. The van der Waals surface area contributed by atoms with Crippen molar-refractivity contribution in [1.29, 1.82) is 0 Å². The van der Waals surface area contributed by atoms with Crippen LogP contribution in [0.25, 0.3) is 22.2 Å². The smallest absolute Gasteiger partial charge is 0.229 e. The van der Waals surface area contributed by atoms with Gasteiger partial charge in [0.1, 0.15) is 11.8 Å². The van der Waals surface area contributed by atoms with E-state index in [0.29, 0.717) is 22.4 Å². The minimum Gasteiger partial charge on any atom is -0.433 e. The molecule has 0 spiro atoms. The molecule has 3 aromatic heterocycles. The van der Waals surface area contributed by atoms with Gasteiger partial charge in [0.05, 0.1) is 11.1 Å². The van der Waals surface area contributed by atoms with E-state index in [1.54, 1.807) is 0 Å². The van der Waals surface area contributed by atoms with Gasteiger partial charge in [0, 0.05) is 5.92 Å². The lowest BCUT2D eigenvalue weighted by Crippen LogP contribution is -2.10. The SMILES string of the molecule is Clc1ncnc2c1oc1nc(C3CCCCC3)c3c(c12)CCC3. The Balaban J connectivity index is 1.81. The van der Waals surface area contributed by atoms with Crippen LogP contribution < -0.4 is 0 Å². The number of nitrogens with zero attached hydrogens (tertiary/aromatic N) is 3. The van der Waals surface area contributed by atoms with Crippen molar-refractivity contribution >= 4 is 33.8 Å². The number of pyridine rings is 1. The van der Waals surface area contributed by atoms with Crippen LogP contribution in [0, 0.1) is 0 Å². The van der Waals surface area contributed by atoms with Crippen molar-refractivity contribution < 1.29 is 4.42 Å². The summed E-state index contributed by atoms with van der Waals surface area (Å²) in [6.07, 6.45) is 11.4. The average Bonchev–Trinajstić information content (AvgIpc) is 3.19. The highest BCUT2D eigenvalue weighted by Crippen LogP contribution is 2.42. The summed E-state index contributed by atoms with van der Waals surface area (Å²) in [4.78, 5) is 13.4. The lowest BCUT2D eigenvalue weighted by Gasteiger charge is -2.23. The van der Waals surface area contributed by atoms with Crippen LogP contribution in [-0.4, -0.2) is 15.0 Å². The molecular weight excluding hydrogens is 310 g/mol. The van der Waals surface area contributed by atoms with Gasteiger partial charge >= 0.3 is 0 Å². The summed E-state index contributed by atoms with van der Waals surface area (Å²) < 4.78 is 5.97. The van der Waals surface area contributed by atoms with Crippen LogP contribution in [0.2, 0.25) is 5.15 Å². The van der Waals surface area contributed by atoms with E-state index in [-0.39, 0.29) is 0 Å². The fourth-order valence-electron chi connectivity index (χ4n) is 4.41. The predicted octanol–water partition coefficient (Wildman–Crippen LogP) is 4.96. The van der Waals surface area contributed by atoms with Crippen LogP contribution in [0.5, 0.6) is 0 Å². The third-order valence-corrected chi connectivity index (χ3v) is 5.72. The van der Waals surface area contributed by atoms with E-state index in [1.807, 2.05) is 0 Å². The summed E-state index contributed by atoms with van der Waals surface area (Å²) >= 11 is 6.20. The zero-order chi connectivity index (χ0) is 15.4. The van der Waals surface area contributed by atoms with Crippen molar-refractivity contribution in [2.75, 3.05) is 0 Å². The fraction of sp³-hybridized carbons (Fsp3) is 0.500.